The molecule has 1 aliphatic rings. The second kappa shape index (κ2) is 10.1. The van der Waals surface area contributed by atoms with E-state index in [4.69, 9.17) is 9.47 Å². The lowest BCUT2D eigenvalue weighted by atomic mass is 10.0. The summed E-state index contributed by atoms with van der Waals surface area (Å²) < 4.78 is 12.1. The van der Waals surface area contributed by atoms with Crippen LogP contribution in [-0.4, -0.2) is 17.8 Å². The summed E-state index contributed by atoms with van der Waals surface area (Å²) in [6, 6.07) is 18.5. The number of hydrogen-bond donors (Lipinski definition) is 0. The molecule has 0 aromatic heterocycles. The van der Waals surface area contributed by atoms with E-state index in [1.807, 2.05) is 43.3 Å². The Labute approximate surface area is 214 Å². The molecule has 0 saturated carbocycles. The number of aryl methyl sites for hydroxylation is 1. The smallest absolute Gasteiger partial charge is 0.363 e. The first kappa shape index (κ1) is 24.1. The molecule has 0 amide bonds. The second-order valence-electron chi connectivity index (χ2n) is 8.13. The molecule has 4 rings (SSSR count). The lowest BCUT2D eigenvalue weighted by Crippen LogP contribution is -2.11. The molecule has 172 valence electrons. The van der Waals surface area contributed by atoms with Gasteiger partial charge in [0.1, 0.15) is 0 Å². The van der Waals surface area contributed by atoms with Crippen LogP contribution in [-0.2, 0) is 9.53 Å². The van der Waals surface area contributed by atoms with Gasteiger partial charge in [-0.1, -0.05) is 44.2 Å². The van der Waals surface area contributed by atoms with Crippen LogP contribution in [0.25, 0.3) is 6.08 Å². The van der Waals surface area contributed by atoms with Gasteiger partial charge in [0, 0.05) is 5.56 Å². The molecule has 0 spiro atoms. The van der Waals surface area contributed by atoms with Gasteiger partial charge in [-0.3, -0.25) is 0 Å². The number of nitrogens with zero attached hydrogens (tertiary/aromatic N) is 1. The van der Waals surface area contributed by atoms with Crippen LogP contribution in [0.15, 0.2) is 80.3 Å². The van der Waals surface area contributed by atoms with Crippen molar-refractivity contribution >= 4 is 55.8 Å². The highest BCUT2D eigenvalue weighted by molar-refractivity contribution is 9.11. The molecule has 5 nitrogen and oxygen atoms in total. The Morgan fingerprint density at radius 1 is 1.03 bits per heavy atom. The van der Waals surface area contributed by atoms with E-state index < -0.39 is 11.9 Å². The molecule has 0 atom stereocenters. The third kappa shape index (κ3) is 5.21. The van der Waals surface area contributed by atoms with E-state index in [1.54, 1.807) is 30.3 Å². The van der Waals surface area contributed by atoms with Gasteiger partial charge in [-0.15, -0.1) is 0 Å². The molecule has 0 N–H and O–H groups in total. The highest BCUT2D eigenvalue weighted by Crippen LogP contribution is 2.36. The van der Waals surface area contributed by atoms with E-state index in [9.17, 15) is 9.59 Å². The zero-order valence-electron chi connectivity index (χ0n) is 18.8. The van der Waals surface area contributed by atoms with Crippen molar-refractivity contribution in [2.75, 3.05) is 0 Å². The van der Waals surface area contributed by atoms with E-state index in [2.05, 4.69) is 50.7 Å². The zero-order valence-corrected chi connectivity index (χ0v) is 21.9. The van der Waals surface area contributed by atoms with Gasteiger partial charge >= 0.3 is 11.9 Å². The van der Waals surface area contributed by atoms with Crippen LogP contribution in [0, 0.1) is 6.92 Å². The Morgan fingerprint density at radius 2 is 1.68 bits per heavy atom. The maximum absolute atomic E-state index is 12.6. The van der Waals surface area contributed by atoms with Crippen LogP contribution >= 0.6 is 31.9 Å². The molecule has 0 fully saturated rings. The van der Waals surface area contributed by atoms with Crippen LogP contribution in [0.2, 0.25) is 0 Å². The molecular formula is C27H21Br2NO4. The van der Waals surface area contributed by atoms with Crippen molar-refractivity contribution in [3.8, 4) is 5.75 Å². The maximum Gasteiger partial charge on any atom is 0.363 e. The maximum atomic E-state index is 12.6. The van der Waals surface area contributed by atoms with Gasteiger partial charge in [-0.05, 0) is 97.8 Å². The quantitative estimate of drug-likeness (QED) is 0.181. The number of carbonyl (C=O) groups excluding carboxylic acids is 2. The summed E-state index contributed by atoms with van der Waals surface area (Å²) in [6.07, 6.45) is 1.63. The number of halogens is 2. The lowest BCUT2D eigenvalue weighted by molar-refractivity contribution is -0.129. The summed E-state index contributed by atoms with van der Waals surface area (Å²) in [7, 11) is 0. The minimum Gasteiger partial charge on any atom is -0.420 e. The first-order valence-electron chi connectivity index (χ1n) is 10.6. The Morgan fingerprint density at radius 3 is 2.29 bits per heavy atom. The van der Waals surface area contributed by atoms with Crippen molar-refractivity contribution in [1.29, 1.82) is 0 Å². The van der Waals surface area contributed by atoms with Crippen molar-refractivity contribution in [2.45, 2.75) is 26.7 Å². The number of ether oxygens (including phenoxy) is 2. The summed E-state index contributed by atoms with van der Waals surface area (Å²) in [5.41, 5.74) is 4.12. The van der Waals surface area contributed by atoms with Gasteiger partial charge < -0.3 is 9.47 Å². The molecule has 3 aromatic rings. The van der Waals surface area contributed by atoms with Crippen LogP contribution in [0.1, 0.15) is 52.4 Å². The average molecular weight is 583 g/mol. The topological polar surface area (TPSA) is 65.0 Å². The molecule has 1 heterocycles. The number of hydrogen-bond acceptors (Lipinski definition) is 5. The third-order valence-electron chi connectivity index (χ3n) is 5.33. The van der Waals surface area contributed by atoms with Gasteiger partial charge in [0.2, 0.25) is 5.90 Å². The van der Waals surface area contributed by atoms with Crippen LogP contribution in [0.5, 0.6) is 5.75 Å². The monoisotopic (exact) mass is 581 g/mol. The summed E-state index contributed by atoms with van der Waals surface area (Å²) in [5, 5.41) is 0. The Bertz CT molecular complexity index is 1320. The van der Waals surface area contributed by atoms with E-state index in [0.29, 0.717) is 31.7 Å². The highest BCUT2D eigenvalue weighted by atomic mass is 79.9. The van der Waals surface area contributed by atoms with Gasteiger partial charge in [0.25, 0.3) is 0 Å². The first-order chi connectivity index (χ1) is 16.2. The predicted molar refractivity (Wildman–Crippen MR) is 139 cm³/mol. The van der Waals surface area contributed by atoms with E-state index in [0.717, 1.165) is 11.1 Å². The van der Waals surface area contributed by atoms with Crippen molar-refractivity contribution < 1.29 is 19.1 Å². The van der Waals surface area contributed by atoms with E-state index in [-0.39, 0.29) is 11.6 Å². The Balaban J connectivity index is 1.58. The predicted octanol–water partition coefficient (Wildman–Crippen LogP) is 7.21. The fourth-order valence-electron chi connectivity index (χ4n) is 3.41. The molecule has 3 aromatic carbocycles. The van der Waals surface area contributed by atoms with Gasteiger partial charge in [0.05, 0.1) is 14.5 Å². The number of cyclic esters (lactones) is 1. The van der Waals surface area contributed by atoms with E-state index in [1.165, 1.54) is 5.56 Å². The number of aliphatic imine (C=N–C) groups is 1. The number of benzene rings is 3. The van der Waals surface area contributed by atoms with Crippen molar-refractivity contribution in [1.82, 2.24) is 0 Å². The first-order valence-corrected chi connectivity index (χ1v) is 12.2. The summed E-state index contributed by atoms with van der Waals surface area (Å²) >= 11 is 6.92. The minimum absolute atomic E-state index is 0.186. The van der Waals surface area contributed by atoms with Gasteiger partial charge in [-0.25, -0.2) is 14.6 Å². The highest BCUT2D eigenvalue weighted by Gasteiger charge is 2.25. The molecule has 0 aliphatic carbocycles. The second-order valence-corrected chi connectivity index (χ2v) is 9.84. The minimum atomic E-state index is -0.523. The fourth-order valence-corrected chi connectivity index (χ4v) is 4.79. The normalized spacial score (nSPS) is 14.4. The fraction of sp³-hybridized carbons (Fsp3) is 0.148. The van der Waals surface area contributed by atoms with E-state index >= 15 is 0 Å². The molecular weight excluding hydrogens is 562 g/mol. The summed E-state index contributed by atoms with van der Waals surface area (Å²) in [5.74, 6) is 0.0497. The molecule has 0 unspecified atom stereocenters. The Hall–Kier alpha value is -3.03. The lowest BCUT2D eigenvalue weighted by Gasteiger charge is -2.11. The zero-order chi connectivity index (χ0) is 24.4. The molecule has 0 bridgehead atoms. The standard InChI is InChI=1S/C27H21Br2NO4/c1-15(2)18-8-10-19(11-9-18)25-30-23(27(32)34-25)14-17-12-21(28)24(22(29)13-17)33-26(31)20-7-5-4-6-16(20)3/h4-15H,1-3H3/b23-14-. The van der Waals surface area contributed by atoms with Gasteiger partial charge in [-0.2, -0.15) is 0 Å². The molecule has 0 radical (unpaired) electrons. The Kier molecular flexibility index (Phi) is 7.14. The number of esters is 2. The number of carbonyl (C=O) groups is 2. The summed E-state index contributed by atoms with van der Waals surface area (Å²) in [6.45, 7) is 6.09. The molecule has 34 heavy (non-hydrogen) atoms. The van der Waals surface area contributed by atoms with Crippen LogP contribution < -0.4 is 4.74 Å². The largest absolute Gasteiger partial charge is 0.420 e. The van der Waals surface area contributed by atoms with Crippen LogP contribution in [0.4, 0.5) is 0 Å². The van der Waals surface area contributed by atoms with Crippen molar-refractivity contribution in [3.63, 3.8) is 0 Å². The third-order valence-corrected chi connectivity index (χ3v) is 6.51. The van der Waals surface area contributed by atoms with Crippen LogP contribution in [0.3, 0.4) is 0 Å². The molecule has 0 saturated heterocycles. The SMILES string of the molecule is Cc1ccccc1C(=O)Oc1c(Br)cc(/C=C2\N=C(c3ccc(C(C)C)cc3)OC2=O)cc1Br. The molecule has 1 aliphatic heterocycles. The van der Waals surface area contributed by atoms with Crippen molar-refractivity contribution in [3.05, 3.63) is 103 Å². The number of rotatable bonds is 5. The average Bonchev–Trinajstić information content (AvgIpc) is 3.16. The van der Waals surface area contributed by atoms with Gasteiger partial charge in [0.15, 0.2) is 11.4 Å². The summed E-state index contributed by atoms with van der Waals surface area (Å²) in [4.78, 5) is 29.4. The van der Waals surface area contributed by atoms with Crippen molar-refractivity contribution in [2.24, 2.45) is 4.99 Å². The molecule has 7 heteroatoms.